The fraction of sp³-hybridized carbons (Fsp3) is 0.214. The van der Waals surface area contributed by atoms with Gasteiger partial charge < -0.3 is 5.11 Å². The maximum Gasteiger partial charge on any atom is 0.279 e. The second-order valence-electron chi connectivity index (χ2n) is 4.41. The molecule has 2 aromatic rings. The Morgan fingerprint density at radius 1 is 1.38 bits per heavy atom. The molecule has 21 heavy (non-hydrogen) atoms. The van der Waals surface area contributed by atoms with E-state index in [1.165, 1.54) is 16.9 Å². The Hall–Kier alpha value is -2.30. The van der Waals surface area contributed by atoms with Gasteiger partial charge in [-0.15, -0.1) is 0 Å². The number of aromatic nitrogens is 2. The summed E-state index contributed by atoms with van der Waals surface area (Å²) in [5.41, 5.74) is 1.82. The first-order chi connectivity index (χ1) is 9.94. The third-order valence-corrected chi connectivity index (χ3v) is 4.21. The van der Waals surface area contributed by atoms with Crippen molar-refractivity contribution in [3.05, 3.63) is 41.6 Å². The molecule has 0 saturated carbocycles. The topological polar surface area (TPSA) is 84.2 Å². The number of hydrogen-bond acceptors (Lipinski definition) is 4. The van der Waals surface area contributed by atoms with Crippen molar-refractivity contribution in [1.29, 1.82) is 0 Å². The molecule has 6 nitrogen and oxygen atoms in total. The van der Waals surface area contributed by atoms with Crippen LogP contribution in [0.5, 0.6) is 0 Å². The SMILES string of the molecule is Cc1ccc(NS(=O)(=O)c2ccnn2C)c(C#CCO)c1. The summed E-state index contributed by atoms with van der Waals surface area (Å²) in [6.45, 7) is 1.59. The number of hydrogen-bond donors (Lipinski definition) is 2. The van der Waals surface area contributed by atoms with Crippen LogP contribution in [0.25, 0.3) is 0 Å². The van der Waals surface area contributed by atoms with Crippen molar-refractivity contribution in [2.75, 3.05) is 11.3 Å². The van der Waals surface area contributed by atoms with E-state index >= 15 is 0 Å². The molecule has 0 atom stereocenters. The minimum Gasteiger partial charge on any atom is -0.384 e. The summed E-state index contributed by atoms with van der Waals surface area (Å²) in [5, 5.41) is 12.7. The molecule has 0 unspecified atom stereocenters. The summed E-state index contributed by atoms with van der Waals surface area (Å²) in [5.74, 6) is 5.25. The molecule has 7 heteroatoms. The summed E-state index contributed by atoms with van der Waals surface area (Å²) in [6.07, 6.45) is 1.41. The molecule has 0 bridgehead atoms. The van der Waals surface area contributed by atoms with E-state index in [1.807, 2.05) is 6.92 Å². The lowest BCUT2D eigenvalue weighted by atomic mass is 10.1. The van der Waals surface area contributed by atoms with Crippen molar-refractivity contribution in [2.45, 2.75) is 11.9 Å². The summed E-state index contributed by atoms with van der Waals surface area (Å²) in [4.78, 5) is 0. The van der Waals surface area contributed by atoms with E-state index in [4.69, 9.17) is 5.11 Å². The van der Waals surface area contributed by atoms with Crippen molar-refractivity contribution in [1.82, 2.24) is 9.78 Å². The zero-order valence-electron chi connectivity index (χ0n) is 11.7. The summed E-state index contributed by atoms with van der Waals surface area (Å²) in [6, 6.07) is 6.59. The van der Waals surface area contributed by atoms with Crippen molar-refractivity contribution >= 4 is 15.7 Å². The molecule has 1 aromatic carbocycles. The predicted molar refractivity (Wildman–Crippen MR) is 79.2 cm³/mol. The van der Waals surface area contributed by atoms with E-state index in [9.17, 15) is 8.42 Å². The minimum atomic E-state index is -3.74. The van der Waals surface area contributed by atoms with Gasteiger partial charge in [-0.1, -0.05) is 17.9 Å². The highest BCUT2D eigenvalue weighted by Gasteiger charge is 2.19. The molecule has 2 N–H and O–H groups in total. The van der Waals surface area contributed by atoms with Gasteiger partial charge in [0.15, 0.2) is 5.03 Å². The Kier molecular flexibility index (Phi) is 4.31. The maximum absolute atomic E-state index is 12.3. The van der Waals surface area contributed by atoms with Gasteiger partial charge >= 0.3 is 0 Å². The normalized spacial score (nSPS) is 10.8. The second-order valence-corrected chi connectivity index (χ2v) is 6.04. The lowest BCUT2D eigenvalue weighted by Crippen LogP contribution is -2.17. The van der Waals surface area contributed by atoms with Crippen LogP contribution in [-0.2, 0) is 17.1 Å². The molecule has 1 aromatic heterocycles. The van der Waals surface area contributed by atoms with Gasteiger partial charge in [-0.3, -0.25) is 9.40 Å². The zero-order chi connectivity index (χ0) is 15.5. The number of sulfonamides is 1. The monoisotopic (exact) mass is 305 g/mol. The standard InChI is InChI=1S/C14H15N3O3S/c1-11-5-6-13(12(10-11)4-3-9-18)16-21(19,20)14-7-8-15-17(14)2/h5-8,10,16,18H,9H2,1-2H3. The van der Waals surface area contributed by atoms with Crippen molar-refractivity contribution in [3.8, 4) is 11.8 Å². The fourth-order valence-electron chi connectivity index (χ4n) is 1.81. The van der Waals surface area contributed by atoms with Crippen LogP contribution in [0, 0.1) is 18.8 Å². The summed E-state index contributed by atoms with van der Waals surface area (Å²) < 4.78 is 28.4. The van der Waals surface area contributed by atoms with Gasteiger partial charge in [0.2, 0.25) is 0 Å². The van der Waals surface area contributed by atoms with Gasteiger partial charge in [-0.05, 0) is 30.7 Å². The smallest absolute Gasteiger partial charge is 0.279 e. The van der Waals surface area contributed by atoms with Crippen molar-refractivity contribution in [3.63, 3.8) is 0 Å². The molecule has 0 saturated heterocycles. The molecule has 0 aliphatic heterocycles. The Bertz CT molecular complexity index is 813. The highest BCUT2D eigenvalue weighted by molar-refractivity contribution is 7.92. The third kappa shape index (κ3) is 3.42. The minimum absolute atomic E-state index is 0.0594. The van der Waals surface area contributed by atoms with Crippen LogP contribution in [0.4, 0.5) is 5.69 Å². The quantitative estimate of drug-likeness (QED) is 0.824. The molecule has 0 aliphatic carbocycles. The first-order valence-corrected chi connectivity index (χ1v) is 7.63. The highest BCUT2D eigenvalue weighted by Crippen LogP contribution is 2.20. The molecule has 110 valence electrons. The molecule has 0 radical (unpaired) electrons. The molecule has 1 heterocycles. The Labute approximate surface area is 123 Å². The largest absolute Gasteiger partial charge is 0.384 e. The highest BCUT2D eigenvalue weighted by atomic mass is 32.2. The average molecular weight is 305 g/mol. The van der Waals surface area contributed by atoms with Crippen LogP contribution in [-0.4, -0.2) is 29.9 Å². The predicted octanol–water partition coefficient (Wildman–Crippen LogP) is 0.873. The average Bonchev–Trinajstić information content (AvgIpc) is 2.86. The molecule has 2 rings (SSSR count). The number of aliphatic hydroxyl groups is 1. The van der Waals surface area contributed by atoms with Crippen molar-refractivity contribution < 1.29 is 13.5 Å². The van der Waals surface area contributed by atoms with E-state index in [-0.39, 0.29) is 11.6 Å². The van der Waals surface area contributed by atoms with E-state index in [0.717, 1.165) is 5.56 Å². The van der Waals surface area contributed by atoms with E-state index in [2.05, 4.69) is 21.7 Å². The van der Waals surface area contributed by atoms with Gasteiger partial charge in [0.25, 0.3) is 10.0 Å². The van der Waals surface area contributed by atoms with Crippen LogP contribution < -0.4 is 4.72 Å². The molecular weight excluding hydrogens is 290 g/mol. The van der Waals surface area contributed by atoms with Crippen molar-refractivity contribution in [2.24, 2.45) is 7.05 Å². The number of aliphatic hydroxyl groups excluding tert-OH is 1. The first-order valence-electron chi connectivity index (χ1n) is 6.15. The van der Waals surface area contributed by atoms with Gasteiger partial charge in [0, 0.05) is 12.6 Å². The lowest BCUT2D eigenvalue weighted by molar-refractivity contribution is 0.350. The fourth-order valence-corrected chi connectivity index (χ4v) is 3.01. The first kappa shape index (κ1) is 15.1. The molecule has 0 amide bonds. The Morgan fingerprint density at radius 3 is 2.76 bits per heavy atom. The summed E-state index contributed by atoms with van der Waals surface area (Å²) >= 11 is 0. The van der Waals surface area contributed by atoms with Gasteiger partial charge in [-0.25, -0.2) is 0 Å². The van der Waals surface area contributed by atoms with E-state index in [1.54, 1.807) is 25.2 Å². The van der Waals surface area contributed by atoms with Gasteiger partial charge in [0.1, 0.15) is 6.61 Å². The summed E-state index contributed by atoms with van der Waals surface area (Å²) in [7, 11) is -2.19. The second kappa shape index (κ2) is 5.99. The van der Waals surface area contributed by atoms with Crippen LogP contribution in [0.15, 0.2) is 35.5 Å². The van der Waals surface area contributed by atoms with Crippen LogP contribution in [0.2, 0.25) is 0 Å². The molecular formula is C14H15N3O3S. The van der Waals surface area contributed by atoms with Gasteiger partial charge in [0.05, 0.1) is 11.9 Å². The van der Waals surface area contributed by atoms with Crippen LogP contribution in [0.3, 0.4) is 0 Å². The number of nitrogens with zero attached hydrogens (tertiary/aromatic N) is 2. The third-order valence-electron chi connectivity index (χ3n) is 2.77. The lowest BCUT2D eigenvalue weighted by Gasteiger charge is -2.10. The number of rotatable bonds is 3. The number of nitrogens with one attached hydrogen (secondary N) is 1. The number of anilines is 1. The number of aryl methyl sites for hydroxylation is 2. The Morgan fingerprint density at radius 2 is 2.14 bits per heavy atom. The molecule has 0 spiro atoms. The van der Waals surface area contributed by atoms with Gasteiger partial charge in [-0.2, -0.15) is 13.5 Å². The van der Waals surface area contributed by atoms with E-state index < -0.39 is 10.0 Å². The van der Waals surface area contributed by atoms with Crippen LogP contribution >= 0.6 is 0 Å². The Balaban J connectivity index is 2.42. The zero-order valence-corrected chi connectivity index (χ0v) is 12.5. The maximum atomic E-state index is 12.3. The number of benzene rings is 1. The van der Waals surface area contributed by atoms with Crippen LogP contribution in [0.1, 0.15) is 11.1 Å². The van der Waals surface area contributed by atoms with E-state index in [0.29, 0.717) is 11.3 Å². The molecule has 0 aliphatic rings. The molecule has 0 fully saturated rings.